The van der Waals surface area contributed by atoms with Gasteiger partial charge in [-0.05, 0) is 24.1 Å². The molecule has 1 amide bonds. The van der Waals surface area contributed by atoms with E-state index in [-0.39, 0.29) is 5.91 Å². The van der Waals surface area contributed by atoms with Gasteiger partial charge in [-0.1, -0.05) is 0 Å². The van der Waals surface area contributed by atoms with Crippen molar-refractivity contribution in [2.75, 3.05) is 6.54 Å². The third kappa shape index (κ3) is 2.33. The summed E-state index contributed by atoms with van der Waals surface area (Å²) in [6.45, 7) is 1.99. The van der Waals surface area contributed by atoms with Crippen LogP contribution in [0, 0.1) is 0 Å². The van der Waals surface area contributed by atoms with Gasteiger partial charge in [0, 0.05) is 25.7 Å². The molecule has 80 valence electrons. The van der Waals surface area contributed by atoms with Gasteiger partial charge in [0.1, 0.15) is 0 Å². The van der Waals surface area contributed by atoms with Crippen molar-refractivity contribution < 1.29 is 4.79 Å². The summed E-state index contributed by atoms with van der Waals surface area (Å²) in [5.74, 6) is 0.231. The number of carbonyl (C=O) groups excluding carboxylic acids is 1. The standard InChI is InChI=1S/C11H15N3O/c12-7-9-3-4-13-10(6-9)8-14-5-1-2-11(14)15/h3-4,6H,1-2,5,7-8,12H2. The van der Waals surface area contributed by atoms with Crippen LogP contribution in [0.5, 0.6) is 0 Å². The first-order chi connectivity index (χ1) is 7.29. The van der Waals surface area contributed by atoms with E-state index in [1.54, 1.807) is 6.20 Å². The molecular weight excluding hydrogens is 190 g/mol. The maximum atomic E-state index is 11.4. The van der Waals surface area contributed by atoms with Gasteiger partial charge in [0.2, 0.25) is 5.91 Å². The van der Waals surface area contributed by atoms with Crippen LogP contribution in [-0.4, -0.2) is 22.3 Å². The smallest absolute Gasteiger partial charge is 0.222 e. The maximum absolute atomic E-state index is 11.4. The van der Waals surface area contributed by atoms with Crippen LogP contribution in [-0.2, 0) is 17.9 Å². The predicted molar refractivity (Wildman–Crippen MR) is 56.8 cm³/mol. The second-order valence-electron chi connectivity index (χ2n) is 3.78. The molecule has 1 fully saturated rings. The molecule has 0 spiro atoms. The number of amides is 1. The van der Waals surface area contributed by atoms with E-state index in [1.807, 2.05) is 17.0 Å². The van der Waals surface area contributed by atoms with Gasteiger partial charge in [-0.3, -0.25) is 9.78 Å². The van der Waals surface area contributed by atoms with Crippen LogP contribution in [0.25, 0.3) is 0 Å². The van der Waals surface area contributed by atoms with Crippen molar-refractivity contribution in [3.8, 4) is 0 Å². The van der Waals surface area contributed by atoms with Crippen molar-refractivity contribution in [2.24, 2.45) is 5.73 Å². The van der Waals surface area contributed by atoms with Crippen LogP contribution in [0.15, 0.2) is 18.3 Å². The minimum atomic E-state index is 0.231. The molecule has 2 N–H and O–H groups in total. The number of hydrogen-bond donors (Lipinski definition) is 1. The lowest BCUT2D eigenvalue weighted by atomic mass is 10.2. The van der Waals surface area contributed by atoms with Crippen molar-refractivity contribution in [2.45, 2.75) is 25.9 Å². The SMILES string of the molecule is NCc1ccnc(CN2CCCC2=O)c1. The largest absolute Gasteiger partial charge is 0.337 e. The molecule has 2 heterocycles. The molecule has 0 atom stereocenters. The number of carbonyl (C=O) groups is 1. The predicted octanol–water partition coefficient (Wildman–Crippen LogP) is 0.663. The van der Waals surface area contributed by atoms with Gasteiger partial charge in [-0.2, -0.15) is 0 Å². The molecule has 4 nitrogen and oxygen atoms in total. The highest BCUT2D eigenvalue weighted by Gasteiger charge is 2.20. The van der Waals surface area contributed by atoms with Gasteiger partial charge < -0.3 is 10.6 Å². The molecule has 0 aliphatic carbocycles. The number of likely N-dealkylation sites (tertiary alicyclic amines) is 1. The summed E-state index contributed by atoms with van der Waals surface area (Å²) in [5.41, 5.74) is 7.53. The first-order valence-electron chi connectivity index (χ1n) is 5.21. The summed E-state index contributed by atoms with van der Waals surface area (Å²) in [5, 5.41) is 0. The van der Waals surface area contributed by atoms with Crippen LogP contribution >= 0.6 is 0 Å². The molecule has 4 heteroatoms. The second kappa shape index (κ2) is 4.40. The number of pyridine rings is 1. The summed E-state index contributed by atoms with van der Waals surface area (Å²) < 4.78 is 0. The minimum absolute atomic E-state index is 0.231. The Morgan fingerprint density at radius 2 is 2.40 bits per heavy atom. The lowest BCUT2D eigenvalue weighted by molar-refractivity contribution is -0.128. The number of rotatable bonds is 3. The zero-order valence-electron chi connectivity index (χ0n) is 8.65. The molecule has 2 rings (SSSR count). The summed E-state index contributed by atoms with van der Waals surface area (Å²) in [4.78, 5) is 17.5. The lowest BCUT2D eigenvalue weighted by Crippen LogP contribution is -2.24. The van der Waals surface area contributed by atoms with Gasteiger partial charge in [0.15, 0.2) is 0 Å². The van der Waals surface area contributed by atoms with E-state index >= 15 is 0 Å². The van der Waals surface area contributed by atoms with Gasteiger partial charge in [0.25, 0.3) is 0 Å². The molecule has 1 aliphatic heterocycles. The highest BCUT2D eigenvalue weighted by atomic mass is 16.2. The van der Waals surface area contributed by atoms with Crippen LogP contribution in [0.3, 0.4) is 0 Å². The Kier molecular flexibility index (Phi) is 2.97. The fraction of sp³-hybridized carbons (Fsp3) is 0.455. The summed E-state index contributed by atoms with van der Waals surface area (Å²) in [7, 11) is 0. The highest BCUT2D eigenvalue weighted by molar-refractivity contribution is 5.77. The number of nitrogens with two attached hydrogens (primary N) is 1. The first kappa shape index (κ1) is 10.1. The average molecular weight is 205 g/mol. The quantitative estimate of drug-likeness (QED) is 0.788. The second-order valence-corrected chi connectivity index (χ2v) is 3.78. The molecule has 1 aromatic rings. The molecule has 1 saturated heterocycles. The van der Waals surface area contributed by atoms with Gasteiger partial charge >= 0.3 is 0 Å². The summed E-state index contributed by atoms with van der Waals surface area (Å²) in [6, 6.07) is 3.86. The summed E-state index contributed by atoms with van der Waals surface area (Å²) in [6.07, 6.45) is 3.39. The van der Waals surface area contributed by atoms with E-state index in [1.165, 1.54) is 0 Å². The zero-order chi connectivity index (χ0) is 10.7. The Hall–Kier alpha value is -1.42. The molecule has 0 unspecified atom stereocenters. The molecule has 0 saturated carbocycles. The van der Waals surface area contributed by atoms with Crippen molar-refractivity contribution >= 4 is 5.91 Å². The van der Waals surface area contributed by atoms with E-state index in [4.69, 9.17) is 5.73 Å². The molecule has 0 aromatic carbocycles. The van der Waals surface area contributed by atoms with Crippen LogP contribution < -0.4 is 5.73 Å². The number of aromatic nitrogens is 1. The van der Waals surface area contributed by atoms with E-state index in [0.29, 0.717) is 19.5 Å². The lowest BCUT2D eigenvalue weighted by Gasteiger charge is -2.14. The third-order valence-electron chi connectivity index (χ3n) is 2.64. The fourth-order valence-electron chi connectivity index (χ4n) is 1.81. The number of hydrogen-bond acceptors (Lipinski definition) is 3. The Morgan fingerprint density at radius 3 is 3.07 bits per heavy atom. The fourth-order valence-corrected chi connectivity index (χ4v) is 1.81. The normalized spacial score (nSPS) is 16.1. The van der Waals surface area contributed by atoms with Crippen molar-refractivity contribution in [3.05, 3.63) is 29.6 Å². The molecule has 0 bridgehead atoms. The number of nitrogens with zero attached hydrogens (tertiary/aromatic N) is 2. The molecule has 0 radical (unpaired) electrons. The first-order valence-corrected chi connectivity index (χ1v) is 5.21. The highest BCUT2D eigenvalue weighted by Crippen LogP contribution is 2.13. The van der Waals surface area contributed by atoms with Crippen molar-refractivity contribution in [1.82, 2.24) is 9.88 Å². The van der Waals surface area contributed by atoms with Gasteiger partial charge in [-0.15, -0.1) is 0 Å². The van der Waals surface area contributed by atoms with E-state index < -0.39 is 0 Å². The minimum Gasteiger partial charge on any atom is -0.337 e. The maximum Gasteiger partial charge on any atom is 0.222 e. The van der Waals surface area contributed by atoms with Crippen LogP contribution in [0.4, 0.5) is 0 Å². The van der Waals surface area contributed by atoms with Crippen LogP contribution in [0.2, 0.25) is 0 Å². The molecule has 15 heavy (non-hydrogen) atoms. The van der Waals surface area contributed by atoms with Crippen LogP contribution in [0.1, 0.15) is 24.1 Å². The Morgan fingerprint density at radius 1 is 1.53 bits per heavy atom. The Balaban J connectivity index is 2.06. The Bertz CT molecular complexity index is 365. The van der Waals surface area contributed by atoms with E-state index in [0.717, 1.165) is 24.2 Å². The van der Waals surface area contributed by atoms with Crippen molar-refractivity contribution in [3.63, 3.8) is 0 Å². The van der Waals surface area contributed by atoms with E-state index in [9.17, 15) is 4.79 Å². The van der Waals surface area contributed by atoms with Crippen molar-refractivity contribution in [1.29, 1.82) is 0 Å². The van der Waals surface area contributed by atoms with Gasteiger partial charge in [0.05, 0.1) is 12.2 Å². The average Bonchev–Trinajstić information content (AvgIpc) is 2.65. The zero-order valence-corrected chi connectivity index (χ0v) is 8.65. The third-order valence-corrected chi connectivity index (χ3v) is 2.64. The van der Waals surface area contributed by atoms with E-state index in [2.05, 4.69) is 4.98 Å². The molecule has 1 aliphatic rings. The Labute approximate surface area is 89.1 Å². The van der Waals surface area contributed by atoms with Gasteiger partial charge in [-0.25, -0.2) is 0 Å². The summed E-state index contributed by atoms with van der Waals surface area (Å²) >= 11 is 0. The molecular formula is C11H15N3O. The monoisotopic (exact) mass is 205 g/mol. The topological polar surface area (TPSA) is 59.2 Å². The molecule has 1 aromatic heterocycles.